The van der Waals surface area contributed by atoms with E-state index in [0.29, 0.717) is 37.6 Å². The first-order valence-corrected chi connectivity index (χ1v) is 13.8. The number of amides is 1. The maximum atomic E-state index is 13.1. The lowest BCUT2D eigenvalue weighted by atomic mass is 10.0. The Balaban J connectivity index is 1.14. The third-order valence-corrected chi connectivity index (χ3v) is 8.26. The molecule has 2 fully saturated rings. The summed E-state index contributed by atoms with van der Waals surface area (Å²) in [5, 5.41) is 2.60. The Labute approximate surface area is 229 Å². The molecule has 11 heteroatoms. The molecule has 1 aromatic heterocycles. The van der Waals surface area contributed by atoms with Gasteiger partial charge in [-0.15, -0.1) is 11.3 Å². The molecule has 2 saturated heterocycles. The van der Waals surface area contributed by atoms with Crippen molar-refractivity contribution in [1.82, 2.24) is 9.88 Å². The number of aldehydes is 1. The third-order valence-electron chi connectivity index (χ3n) is 7.36. The Kier molecular flexibility index (Phi) is 7.79. The normalized spacial score (nSPS) is 17.3. The quantitative estimate of drug-likeness (QED) is 0.408. The van der Waals surface area contributed by atoms with Gasteiger partial charge < -0.3 is 24.4 Å². The van der Waals surface area contributed by atoms with Crippen molar-refractivity contribution in [1.29, 1.82) is 0 Å². The van der Waals surface area contributed by atoms with Gasteiger partial charge in [-0.1, -0.05) is 25.1 Å². The predicted molar refractivity (Wildman–Crippen MR) is 147 cm³/mol. The molecule has 7 nitrogen and oxygen atoms in total. The van der Waals surface area contributed by atoms with Gasteiger partial charge in [0, 0.05) is 75.0 Å². The van der Waals surface area contributed by atoms with E-state index in [1.165, 1.54) is 17.4 Å². The topological polar surface area (TPSA) is 60.0 Å². The van der Waals surface area contributed by atoms with Crippen LogP contribution in [0.3, 0.4) is 0 Å². The first-order valence-electron chi connectivity index (χ1n) is 12.9. The molecule has 39 heavy (non-hydrogen) atoms. The van der Waals surface area contributed by atoms with Crippen LogP contribution in [0.1, 0.15) is 34.5 Å². The molecule has 0 N–H and O–H groups in total. The SMILES string of the molecule is CC(C=O)c1ccc(N2CCN(c3nc(C(=O)N4CCN(c5cccc(C(F)(F)F)c5)CC4)cs3)CC2)cc1. The van der Waals surface area contributed by atoms with Gasteiger partial charge in [0.05, 0.1) is 5.56 Å². The Hall–Kier alpha value is -3.60. The number of carbonyl (C=O) groups excluding carboxylic acids is 2. The molecule has 3 heterocycles. The summed E-state index contributed by atoms with van der Waals surface area (Å²) in [4.78, 5) is 36.8. The number of halogens is 3. The average molecular weight is 558 g/mol. The molecule has 1 unspecified atom stereocenters. The molecule has 2 aliphatic heterocycles. The Morgan fingerprint density at radius 3 is 2.15 bits per heavy atom. The van der Waals surface area contributed by atoms with Crippen LogP contribution in [0.25, 0.3) is 0 Å². The van der Waals surface area contributed by atoms with Crippen molar-refractivity contribution in [3.63, 3.8) is 0 Å². The van der Waals surface area contributed by atoms with E-state index in [-0.39, 0.29) is 11.8 Å². The van der Waals surface area contributed by atoms with Gasteiger partial charge in [-0.25, -0.2) is 4.98 Å². The maximum absolute atomic E-state index is 13.1. The summed E-state index contributed by atoms with van der Waals surface area (Å²) in [7, 11) is 0. The van der Waals surface area contributed by atoms with Crippen LogP contribution in [0.2, 0.25) is 0 Å². The number of piperazine rings is 2. The van der Waals surface area contributed by atoms with E-state index in [2.05, 4.69) is 26.9 Å². The number of aromatic nitrogens is 1. The van der Waals surface area contributed by atoms with Crippen LogP contribution in [0.5, 0.6) is 0 Å². The van der Waals surface area contributed by atoms with E-state index in [0.717, 1.165) is 61.0 Å². The first kappa shape index (κ1) is 27.0. The number of thiazole rings is 1. The summed E-state index contributed by atoms with van der Waals surface area (Å²) in [5.41, 5.74) is 2.38. The van der Waals surface area contributed by atoms with E-state index in [1.807, 2.05) is 24.0 Å². The highest BCUT2D eigenvalue weighted by Gasteiger charge is 2.31. The molecule has 5 rings (SSSR count). The molecular formula is C28H30F3N5O2S. The minimum absolute atomic E-state index is 0.114. The molecule has 1 amide bonds. The van der Waals surface area contributed by atoms with Gasteiger partial charge in [-0.3, -0.25) is 4.79 Å². The summed E-state index contributed by atoms with van der Waals surface area (Å²) in [6, 6.07) is 13.4. The van der Waals surface area contributed by atoms with Gasteiger partial charge in [0.2, 0.25) is 0 Å². The molecule has 2 aromatic carbocycles. The second-order valence-corrected chi connectivity index (χ2v) is 10.7. The van der Waals surface area contributed by atoms with Gasteiger partial charge in [0.15, 0.2) is 5.13 Å². The van der Waals surface area contributed by atoms with Crippen LogP contribution >= 0.6 is 11.3 Å². The fourth-order valence-corrected chi connectivity index (χ4v) is 5.79. The highest BCUT2D eigenvalue weighted by Crippen LogP contribution is 2.32. The van der Waals surface area contributed by atoms with E-state index in [4.69, 9.17) is 0 Å². The lowest BCUT2D eigenvalue weighted by molar-refractivity contribution is -0.137. The summed E-state index contributed by atoms with van der Waals surface area (Å²) in [6.45, 7) is 6.85. The molecule has 0 spiro atoms. The number of rotatable bonds is 6. The fraction of sp³-hybridized carbons (Fsp3) is 0.393. The molecule has 0 radical (unpaired) electrons. The minimum Gasteiger partial charge on any atom is -0.368 e. The second-order valence-electron chi connectivity index (χ2n) is 9.83. The lowest BCUT2D eigenvalue weighted by Gasteiger charge is -2.36. The molecule has 0 aliphatic carbocycles. The third kappa shape index (κ3) is 6.03. The van der Waals surface area contributed by atoms with Crippen molar-refractivity contribution in [3.05, 3.63) is 70.7 Å². The zero-order valence-corrected chi connectivity index (χ0v) is 22.4. The summed E-state index contributed by atoms with van der Waals surface area (Å²) in [5.74, 6) is -0.263. The average Bonchev–Trinajstić information content (AvgIpc) is 3.47. The summed E-state index contributed by atoms with van der Waals surface area (Å²) >= 11 is 1.45. The molecule has 0 bridgehead atoms. The number of alkyl halides is 3. The monoisotopic (exact) mass is 557 g/mol. The Bertz CT molecular complexity index is 1300. The molecule has 0 saturated carbocycles. The summed E-state index contributed by atoms with van der Waals surface area (Å²) in [6.07, 6.45) is -3.44. The number of anilines is 3. The molecule has 206 valence electrons. The van der Waals surface area contributed by atoms with Crippen LogP contribution in [-0.4, -0.2) is 74.4 Å². The fourth-order valence-electron chi connectivity index (χ4n) is 4.94. The molecular weight excluding hydrogens is 527 g/mol. The van der Waals surface area contributed by atoms with Crippen molar-refractivity contribution in [2.75, 3.05) is 67.1 Å². The number of nitrogens with zero attached hydrogens (tertiary/aromatic N) is 5. The van der Waals surface area contributed by atoms with Crippen LogP contribution in [0.15, 0.2) is 53.9 Å². The maximum Gasteiger partial charge on any atom is 0.416 e. The molecule has 1 atom stereocenters. The van der Waals surface area contributed by atoms with Crippen LogP contribution < -0.4 is 14.7 Å². The van der Waals surface area contributed by atoms with Crippen molar-refractivity contribution in [3.8, 4) is 0 Å². The standard InChI is InChI=1S/C28H30F3N5O2S/c1-20(18-37)21-5-7-23(8-6-21)33-11-15-36(16-12-33)27-32-25(19-39-27)26(38)35-13-9-34(10-14-35)24-4-2-3-22(17-24)28(29,30)31/h2-8,17-20H,9-16H2,1H3. The minimum atomic E-state index is -4.38. The predicted octanol–water partition coefficient (Wildman–Crippen LogP) is 4.75. The number of benzene rings is 2. The zero-order chi connectivity index (χ0) is 27.6. The Morgan fingerprint density at radius 2 is 1.51 bits per heavy atom. The zero-order valence-electron chi connectivity index (χ0n) is 21.6. The van der Waals surface area contributed by atoms with Gasteiger partial charge in [-0.2, -0.15) is 13.2 Å². The van der Waals surface area contributed by atoms with E-state index in [1.54, 1.807) is 16.3 Å². The second kappa shape index (κ2) is 11.3. The summed E-state index contributed by atoms with van der Waals surface area (Å²) < 4.78 is 39.2. The van der Waals surface area contributed by atoms with Crippen molar-refractivity contribution in [2.45, 2.75) is 19.0 Å². The smallest absolute Gasteiger partial charge is 0.368 e. The lowest BCUT2D eigenvalue weighted by Crippen LogP contribution is -2.49. The van der Waals surface area contributed by atoms with Crippen LogP contribution in [0.4, 0.5) is 29.7 Å². The van der Waals surface area contributed by atoms with E-state index < -0.39 is 11.7 Å². The highest BCUT2D eigenvalue weighted by molar-refractivity contribution is 7.13. The van der Waals surface area contributed by atoms with Gasteiger partial charge in [-0.05, 0) is 35.9 Å². The van der Waals surface area contributed by atoms with Crippen molar-refractivity contribution < 1.29 is 22.8 Å². The van der Waals surface area contributed by atoms with Crippen molar-refractivity contribution >= 4 is 40.0 Å². The number of carbonyl (C=O) groups is 2. The highest BCUT2D eigenvalue weighted by atomic mass is 32.1. The molecule has 3 aromatic rings. The number of hydrogen-bond acceptors (Lipinski definition) is 7. The van der Waals surface area contributed by atoms with E-state index >= 15 is 0 Å². The van der Waals surface area contributed by atoms with E-state index in [9.17, 15) is 22.8 Å². The molecule has 2 aliphatic rings. The van der Waals surface area contributed by atoms with Crippen molar-refractivity contribution in [2.24, 2.45) is 0 Å². The Morgan fingerprint density at radius 1 is 0.897 bits per heavy atom. The van der Waals surface area contributed by atoms with Gasteiger partial charge in [0.25, 0.3) is 5.91 Å². The largest absolute Gasteiger partial charge is 0.416 e. The first-order chi connectivity index (χ1) is 18.7. The number of hydrogen-bond donors (Lipinski definition) is 0. The van der Waals surface area contributed by atoms with Crippen LogP contribution in [-0.2, 0) is 11.0 Å². The van der Waals surface area contributed by atoms with Gasteiger partial charge >= 0.3 is 6.18 Å². The van der Waals surface area contributed by atoms with Crippen LogP contribution in [0, 0.1) is 0 Å². The van der Waals surface area contributed by atoms with Gasteiger partial charge in [0.1, 0.15) is 12.0 Å².